The molecule has 0 aliphatic heterocycles. The predicted octanol–water partition coefficient (Wildman–Crippen LogP) is 3.30. The summed E-state index contributed by atoms with van der Waals surface area (Å²) in [6, 6.07) is 0. The van der Waals surface area contributed by atoms with E-state index in [0.29, 0.717) is 5.88 Å². The fraction of sp³-hybridized carbons (Fsp3) is 0.625. The van der Waals surface area contributed by atoms with Crippen molar-refractivity contribution < 1.29 is 4.74 Å². The number of anilines is 1. The normalized spacial score (nSPS) is 11.9. The lowest BCUT2D eigenvalue weighted by Gasteiger charge is -2.24. The van der Waals surface area contributed by atoms with Crippen molar-refractivity contribution in [1.29, 1.82) is 0 Å². The van der Waals surface area contributed by atoms with E-state index in [1.807, 2.05) is 27.7 Å². The number of ether oxygens (including phenoxy) is 1. The lowest BCUT2D eigenvalue weighted by Crippen LogP contribution is -2.28. The van der Waals surface area contributed by atoms with Gasteiger partial charge in [0.2, 0.25) is 5.88 Å². The summed E-state index contributed by atoms with van der Waals surface area (Å²) >= 11 is 0. The summed E-state index contributed by atoms with van der Waals surface area (Å²) in [6.45, 7) is 14.7. The van der Waals surface area contributed by atoms with Gasteiger partial charge >= 0.3 is 0 Å². The summed E-state index contributed by atoms with van der Waals surface area (Å²) < 4.78 is 5.88. The Bertz CT molecular complexity index is 522. The van der Waals surface area contributed by atoms with Crippen LogP contribution in [0.2, 0.25) is 0 Å². The minimum absolute atomic E-state index is 0.156. The van der Waals surface area contributed by atoms with Gasteiger partial charge in [-0.3, -0.25) is 0 Å². The van der Waals surface area contributed by atoms with Crippen LogP contribution in [0.3, 0.4) is 0 Å². The Morgan fingerprint density at radius 1 is 1.20 bits per heavy atom. The molecule has 1 aromatic rings. The van der Waals surface area contributed by atoms with Crippen LogP contribution in [0, 0.1) is 19.3 Å². The van der Waals surface area contributed by atoms with Crippen molar-refractivity contribution in [1.82, 2.24) is 9.97 Å². The van der Waals surface area contributed by atoms with Crippen LogP contribution in [0.15, 0.2) is 0 Å². The first kappa shape index (κ1) is 16.3. The monoisotopic (exact) mass is 275 g/mol. The highest BCUT2D eigenvalue weighted by molar-refractivity contribution is 5.49. The van der Waals surface area contributed by atoms with Crippen molar-refractivity contribution in [2.24, 2.45) is 0 Å². The topological polar surface area (TPSA) is 47.0 Å². The Morgan fingerprint density at radius 3 is 2.25 bits per heavy atom. The lowest BCUT2D eigenvalue weighted by molar-refractivity contribution is 0.162. The van der Waals surface area contributed by atoms with Gasteiger partial charge < -0.3 is 10.1 Å². The summed E-state index contributed by atoms with van der Waals surface area (Å²) in [6.07, 6.45) is 5.49. The highest BCUT2D eigenvalue weighted by Crippen LogP contribution is 2.29. The Morgan fingerprint density at radius 2 is 1.80 bits per heavy atom. The molecule has 0 aliphatic rings. The number of nitrogens with one attached hydrogen (secondary N) is 1. The van der Waals surface area contributed by atoms with Crippen molar-refractivity contribution in [2.75, 3.05) is 11.9 Å². The van der Waals surface area contributed by atoms with Crippen LogP contribution in [0.5, 0.6) is 5.88 Å². The van der Waals surface area contributed by atoms with Gasteiger partial charge in [-0.25, -0.2) is 4.98 Å². The molecule has 0 saturated carbocycles. The van der Waals surface area contributed by atoms with E-state index in [0.717, 1.165) is 23.8 Å². The van der Waals surface area contributed by atoms with Crippen molar-refractivity contribution in [3.8, 4) is 18.2 Å². The molecule has 1 aromatic heterocycles. The maximum Gasteiger partial charge on any atom is 0.223 e. The number of nitrogens with zero attached hydrogens (tertiary/aromatic N) is 2. The van der Waals surface area contributed by atoms with E-state index in [-0.39, 0.29) is 5.41 Å². The molecule has 0 spiro atoms. The molecule has 0 unspecified atom stereocenters. The molecule has 0 saturated heterocycles. The number of terminal acetylenes is 1. The maximum absolute atomic E-state index is 5.88. The predicted molar refractivity (Wildman–Crippen MR) is 83.2 cm³/mol. The fourth-order valence-electron chi connectivity index (χ4n) is 1.54. The second-order valence-electron chi connectivity index (χ2n) is 6.36. The van der Waals surface area contributed by atoms with E-state index >= 15 is 0 Å². The zero-order valence-electron chi connectivity index (χ0n) is 13.6. The first-order chi connectivity index (χ1) is 9.10. The third-order valence-electron chi connectivity index (χ3n) is 2.82. The quantitative estimate of drug-likeness (QED) is 0.856. The summed E-state index contributed by atoms with van der Waals surface area (Å²) in [5.74, 6) is 4.71. The second-order valence-corrected chi connectivity index (χ2v) is 6.36. The highest BCUT2D eigenvalue weighted by Gasteiger charge is 2.24. The third-order valence-corrected chi connectivity index (χ3v) is 2.82. The molecule has 0 bridgehead atoms. The molecule has 0 aliphatic carbocycles. The van der Waals surface area contributed by atoms with Gasteiger partial charge in [-0.1, -0.05) is 26.7 Å². The Hall–Kier alpha value is -1.76. The van der Waals surface area contributed by atoms with E-state index < -0.39 is 5.60 Å². The van der Waals surface area contributed by atoms with E-state index in [4.69, 9.17) is 11.2 Å². The van der Waals surface area contributed by atoms with Gasteiger partial charge in [0.05, 0.1) is 5.56 Å². The number of hydrogen-bond acceptors (Lipinski definition) is 4. The Labute approximate surface area is 122 Å². The van der Waals surface area contributed by atoms with Crippen molar-refractivity contribution in [3.63, 3.8) is 0 Å². The SMILES string of the molecule is C#CC(C)(C)Oc1nc(C(C)(C)C)nc(NCC)c1C. The molecule has 0 atom stereocenters. The third kappa shape index (κ3) is 3.86. The number of rotatable bonds is 4. The molecule has 110 valence electrons. The standard InChI is InChI=1S/C16H25N3O/c1-9-16(7,8)20-13-11(3)12(17-10-2)18-14(19-13)15(4,5)6/h1H,10H2,2-8H3,(H,17,18,19). The van der Waals surface area contributed by atoms with Gasteiger partial charge in [0.25, 0.3) is 0 Å². The van der Waals surface area contributed by atoms with Crippen LogP contribution in [0.25, 0.3) is 0 Å². The molecule has 1 rings (SSSR count). The smallest absolute Gasteiger partial charge is 0.223 e. The van der Waals surface area contributed by atoms with Crippen molar-refractivity contribution >= 4 is 5.82 Å². The van der Waals surface area contributed by atoms with Crippen LogP contribution in [-0.4, -0.2) is 22.1 Å². The van der Waals surface area contributed by atoms with Crippen LogP contribution < -0.4 is 10.1 Å². The molecule has 1 N–H and O–H groups in total. The number of hydrogen-bond donors (Lipinski definition) is 1. The van der Waals surface area contributed by atoms with Crippen LogP contribution in [-0.2, 0) is 5.41 Å². The average molecular weight is 275 g/mol. The van der Waals surface area contributed by atoms with E-state index in [1.54, 1.807) is 0 Å². The fourth-order valence-corrected chi connectivity index (χ4v) is 1.54. The van der Waals surface area contributed by atoms with Crippen molar-refractivity contribution in [3.05, 3.63) is 11.4 Å². The minimum Gasteiger partial charge on any atom is -0.458 e. The zero-order chi connectivity index (χ0) is 15.6. The van der Waals surface area contributed by atoms with Gasteiger partial charge in [0, 0.05) is 12.0 Å². The summed E-state index contributed by atoms with van der Waals surface area (Å²) in [5, 5.41) is 3.25. The van der Waals surface area contributed by atoms with Crippen LogP contribution in [0.4, 0.5) is 5.82 Å². The van der Waals surface area contributed by atoms with E-state index in [1.165, 1.54) is 0 Å². The molecule has 4 heteroatoms. The summed E-state index contributed by atoms with van der Waals surface area (Å²) in [4.78, 5) is 9.15. The molecule has 0 fully saturated rings. The lowest BCUT2D eigenvalue weighted by atomic mass is 9.95. The first-order valence-corrected chi connectivity index (χ1v) is 6.90. The van der Waals surface area contributed by atoms with Crippen molar-refractivity contribution in [2.45, 2.75) is 59.5 Å². The van der Waals surface area contributed by atoms with Crippen LogP contribution in [0.1, 0.15) is 52.9 Å². The molecule has 4 nitrogen and oxygen atoms in total. The first-order valence-electron chi connectivity index (χ1n) is 6.90. The van der Waals surface area contributed by atoms with Gasteiger partial charge in [0.15, 0.2) is 5.60 Å². The molecule has 0 radical (unpaired) electrons. The maximum atomic E-state index is 5.88. The van der Waals surface area contributed by atoms with Gasteiger partial charge in [-0.2, -0.15) is 4.98 Å². The summed E-state index contributed by atoms with van der Waals surface area (Å²) in [7, 11) is 0. The van der Waals surface area contributed by atoms with Crippen LogP contribution >= 0.6 is 0 Å². The molecule has 20 heavy (non-hydrogen) atoms. The molecular weight excluding hydrogens is 250 g/mol. The second kappa shape index (κ2) is 5.70. The molecule has 1 heterocycles. The molecule has 0 amide bonds. The van der Waals surface area contributed by atoms with E-state index in [9.17, 15) is 0 Å². The van der Waals surface area contributed by atoms with E-state index in [2.05, 4.69) is 42.0 Å². The van der Waals surface area contributed by atoms with Gasteiger partial charge in [-0.15, -0.1) is 6.42 Å². The molecular formula is C16H25N3O. The average Bonchev–Trinajstić information content (AvgIpc) is 2.32. The van der Waals surface area contributed by atoms with Gasteiger partial charge in [0.1, 0.15) is 11.6 Å². The number of aromatic nitrogens is 2. The summed E-state index contributed by atoms with van der Waals surface area (Å²) in [5.41, 5.74) is 0.0248. The Kier molecular flexibility index (Phi) is 4.65. The molecule has 0 aromatic carbocycles. The Balaban J connectivity index is 3.35. The zero-order valence-corrected chi connectivity index (χ0v) is 13.6. The minimum atomic E-state index is -0.697. The highest BCUT2D eigenvalue weighted by atomic mass is 16.5. The largest absolute Gasteiger partial charge is 0.458 e. The van der Waals surface area contributed by atoms with Gasteiger partial charge in [-0.05, 0) is 27.7 Å².